The summed E-state index contributed by atoms with van der Waals surface area (Å²) in [4.78, 5) is 35.8. The second-order valence-corrected chi connectivity index (χ2v) is 5.56. The first-order valence-corrected chi connectivity index (χ1v) is 6.81. The monoisotopic (exact) mass is 291 g/mol. The number of rotatable bonds is 3. The molecular formula is C15H14FNO4. The van der Waals surface area contributed by atoms with E-state index in [9.17, 15) is 23.9 Å². The molecule has 0 bridgehead atoms. The second-order valence-electron chi connectivity index (χ2n) is 5.56. The fourth-order valence-electron chi connectivity index (χ4n) is 3.02. The minimum Gasteiger partial charge on any atom is -0.375 e. The molecule has 2 unspecified atom stereocenters. The molecule has 0 saturated heterocycles. The van der Waals surface area contributed by atoms with Crippen molar-refractivity contribution in [2.45, 2.75) is 31.3 Å². The summed E-state index contributed by atoms with van der Waals surface area (Å²) in [5.74, 6) is -2.73. The van der Waals surface area contributed by atoms with Crippen molar-refractivity contribution in [1.29, 1.82) is 0 Å². The number of benzene rings is 1. The maximum Gasteiger partial charge on any atom is 0.261 e. The Morgan fingerprint density at radius 3 is 2.86 bits per heavy atom. The number of ketones is 2. The maximum atomic E-state index is 13.3. The lowest BCUT2D eigenvalue weighted by Crippen LogP contribution is -2.38. The molecule has 3 rings (SSSR count). The van der Waals surface area contributed by atoms with Crippen LogP contribution in [0.1, 0.15) is 31.2 Å². The third-order valence-electron chi connectivity index (χ3n) is 4.17. The predicted octanol–water partition coefficient (Wildman–Crippen LogP) is 1.29. The average Bonchev–Trinajstić information content (AvgIpc) is 2.95. The van der Waals surface area contributed by atoms with Gasteiger partial charge in [0.1, 0.15) is 17.4 Å². The van der Waals surface area contributed by atoms with E-state index < -0.39 is 35.4 Å². The second kappa shape index (κ2) is 4.73. The van der Waals surface area contributed by atoms with Crippen LogP contribution >= 0.6 is 0 Å². The zero-order chi connectivity index (χ0) is 15.2. The van der Waals surface area contributed by atoms with E-state index in [1.807, 2.05) is 0 Å². The molecule has 2 N–H and O–H groups in total. The summed E-state index contributed by atoms with van der Waals surface area (Å²) in [7, 11) is 0. The summed E-state index contributed by atoms with van der Waals surface area (Å²) < 4.78 is 13.3. The van der Waals surface area contributed by atoms with E-state index in [-0.39, 0.29) is 17.0 Å². The fraction of sp³-hybridized carbons (Fsp3) is 0.400. The van der Waals surface area contributed by atoms with Gasteiger partial charge in [0.2, 0.25) is 0 Å². The maximum absolute atomic E-state index is 13.3. The first kappa shape index (κ1) is 13.9. The number of nitrogens with one attached hydrogen (secondary N) is 1. The van der Waals surface area contributed by atoms with E-state index in [1.54, 1.807) is 0 Å². The lowest BCUT2D eigenvalue weighted by Gasteiger charge is -2.21. The number of Topliss-reactive ketones (excluding diaryl/α,β-unsaturated/α-hetero) is 2. The lowest BCUT2D eigenvalue weighted by molar-refractivity contribution is -0.143. The van der Waals surface area contributed by atoms with Crippen LogP contribution in [0.4, 0.5) is 10.1 Å². The summed E-state index contributed by atoms with van der Waals surface area (Å²) in [6.07, 6.45) is 0.939. The molecule has 2 aliphatic rings. The van der Waals surface area contributed by atoms with Crippen molar-refractivity contribution in [2.75, 3.05) is 5.32 Å². The number of amides is 1. The van der Waals surface area contributed by atoms with Crippen LogP contribution in [0.3, 0.4) is 0 Å². The van der Waals surface area contributed by atoms with E-state index in [0.29, 0.717) is 19.3 Å². The Morgan fingerprint density at radius 2 is 2.19 bits per heavy atom. The average molecular weight is 291 g/mol. The summed E-state index contributed by atoms with van der Waals surface area (Å²) in [6, 6.07) is 3.54. The smallest absolute Gasteiger partial charge is 0.261 e. The molecule has 21 heavy (non-hydrogen) atoms. The molecular weight excluding hydrogens is 277 g/mol. The number of anilines is 1. The Labute approximate surface area is 120 Å². The molecule has 1 aromatic rings. The van der Waals surface area contributed by atoms with Gasteiger partial charge in [-0.3, -0.25) is 14.4 Å². The number of fused-ring (bicyclic) bond motifs is 1. The summed E-state index contributed by atoms with van der Waals surface area (Å²) in [6.45, 7) is 0. The van der Waals surface area contributed by atoms with Gasteiger partial charge in [0, 0.05) is 24.1 Å². The van der Waals surface area contributed by atoms with Crippen LogP contribution in [0.5, 0.6) is 0 Å². The molecule has 110 valence electrons. The van der Waals surface area contributed by atoms with Crippen LogP contribution in [0.15, 0.2) is 18.2 Å². The zero-order valence-corrected chi connectivity index (χ0v) is 11.2. The molecule has 1 aliphatic heterocycles. The van der Waals surface area contributed by atoms with Crippen LogP contribution in [-0.2, 0) is 20.0 Å². The Bertz CT molecular complexity index is 657. The quantitative estimate of drug-likeness (QED) is 0.822. The Kier molecular flexibility index (Phi) is 3.13. The number of carbonyl (C=O) groups excluding carboxylic acids is 3. The summed E-state index contributed by atoms with van der Waals surface area (Å²) in [5, 5.41) is 13.0. The number of carbonyl (C=O) groups is 3. The van der Waals surface area contributed by atoms with Crippen molar-refractivity contribution in [2.24, 2.45) is 5.92 Å². The minimum atomic E-state index is -2.10. The van der Waals surface area contributed by atoms with E-state index >= 15 is 0 Å². The number of hydrogen-bond donors (Lipinski definition) is 2. The highest BCUT2D eigenvalue weighted by molar-refractivity contribution is 6.10. The Balaban J connectivity index is 1.91. The van der Waals surface area contributed by atoms with Crippen LogP contribution in [0, 0.1) is 11.7 Å². The molecule has 6 heteroatoms. The van der Waals surface area contributed by atoms with Gasteiger partial charge in [-0.15, -0.1) is 0 Å². The molecule has 0 radical (unpaired) electrons. The molecule has 0 spiro atoms. The Morgan fingerprint density at radius 1 is 1.43 bits per heavy atom. The van der Waals surface area contributed by atoms with Crippen LogP contribution in [-0.4, -0.2) is 22.6 Å². The summed E-state index contributed by atoms with van der Waals surface area (Å²) >= 11 is 0. The molecule has 1 fully saturated rings. The van der Waals surface area contributed by atoms with Crippen LogP contribution < -0.4 is 5.32 Å². The third-order valence-corrected chi connectivity index (χ3v) is 4.17. The topological polar surface area (TPSA) is 83.5 Å². The van der Waals surface area contributed by atoms with Gasteiger partial charge < -0.3 is 10.4 Å². The molecule has 1 saturated carbocycles. The van der Waals surface area contributed by atoms with Crippen molar-refractivity contribution in [3.05, 3.63) is 29.6 Å². The first-order valence-electron chi connectivity index (χ1n) is 6.81. The SMILES string of the molecule is O=C1CCCC1C(=O)CC1(O)C(=O)Nc2ccc(F)cc21. The fourth-order valence-corrected chi connectivity index (χ4v) is 3.02. The van der Waals surface area contributed by atoms with Gasteiger partial charge in [0.25, 0.3) is 5.91 Å². The van der Waals surface area contributed by atoms with Gasteiger partial charge in [-0.05, 0) is 31.0 Å². The first-order chi connectivity index (χ1) is 9.91. The summed E-state index contributed by atoms with van der Waals surface area (Å²) in [5.41, 5.74) is -1.77. The standard InChI is InChI=1S/C15H14FNO4/c16-8-4-5-11-10(6-8)15(21,14(20)17-11)7-13(19)9-2-1-3-12(9)18/h4-6,9,21H,1-3,7H2,(H,17,20). The highest BCUT2D eigenvalue weighted by Crippen LogP contribution is 2.40. The minimum absolute atomic E-state index is 0.0475. The van der Waals surface area contributed by atoms with Gasteiger partial charge >= 0.3 is 0 Å². The molecule has 1 amide bonds. The number of aliphatic hydroxyl groups is 1. The molecule has 5 nitrogen and oxygen atoms in total. The van der Waals surface area contributed by atoms with Crippen molar-refractivity contribution in [3.63, 3.8) is 0 Å². The number of halogens is 1. The van der Waals surface area contributed by atoms with Crippen LogP contribution in [0.2, 0.25) is 0 Å². The van der Waals surface area contributed by atoms with E-state index in [4.69, 9.17) is 0 Å². The predicted molar refractivity (Wildman–Crippen MR) is 70.9 cm³/mol. The van der Waals surface area contributed by atoms with E-state index in [0.717, 1.165) is 12.1 Å². The molecule has 2 atom stereocenters. The van der Waals surface area contributed by atoms with Gasteiger partial charge in [0.05, 0.1) is 5.92 Å². The van der Waals surface area contributed by atoms with Crippen molar-refractivity contribution in [3.8, 4) is 0 Å². The van der Waals surface area contributed by atoms with Crippen molar-refractivity contribution < 1.29 is 23.9 Å². The molecule has 0 aromatic heterocycles. The molecule has 1 aromatic carbocycles. The largest absolute Gasteiger partial charge is 0.375 e. The normalized spacial score (nSPS) is 27.6. The van der Waals surface area contributed by atoms with E-state index in [1.165, 1.54) is 6.07 Å². The zero-order valence-electron chi connectivity index (χ0n) is 11.2. The van der Waals surface area contributed by atoms with Crippen molar-refractivity contribution in [1.82, 2.24) is 0 Å². The number of hydrogen-bond acceptors (Lipinski definition) is 4. The van der Waals surface area contributed by atoms with Gasteiger partial charge in [0.15, 0.2) is 5.60 Å². The van der Waals surface area contributed by atoms with Crippen molar-refractivity contribution >= 4 is 23.2 Å². The highest BCUT2D eigenvalue weighted by Gasteiger charge is 2.48. The van der Waals surface area contributed by atoms with E-state index in [2.05, 4.69) is 5.32 Å². The van der Waals surface area contributed by atoms with Gasteiger partial charge in [-0.1, -0.05) is 0 Å². The van der Waals surface area contributed by atoms with Gasteiger partial charge in [-0.2, -0.15) is 0 Å². The lowest BCUT2D eigenvalue weighted by atomic mass is 9.85. The van der Waals surface area contributed by atoms with Gasteiger partial charge in [-0.25, -0.2) is 4.39 Å². The molecule has 1 aliphatic carbocycles. The van der Waals surface area contributed by atoms with Crippen LogP contribution in [0.25, 0.3) is 0 Å². The molecule has 1 heterocycles. The highest BCUT2D eigenvalue weighted by atomic mass is 19.1. The third kappa shape index (κ3) is 2.15. The Hall–Kier alpha value is -2.08.